The van der Waals surface area contributed by atoms with Crippen molar-refractivity contribution in [2.45, 2.75) is 50.2 Å². The number of carboxylic acid groups (broad SMARTS) is 1. The van der Waals surface area contributed by atoms with Crippen LogP contribution in [0.15, 0.2) is 30.3 Å². The van der Waals surface area contributed by atoms with Crippen molar-refractivity contribution in [1.82, 2.24) is 16.0 Å². The summed E-state index contributed by atoms with van der Waals surface area (Å²) in [6.07, 6.45) is 4.42. The average Bonchev–Trinajstić information content (AvgIpc) is 2.76. The molecule has 10 heteroatoms. The van der Waals surface area contributed by atoms with Gasteiger partial charge in [0.25, 0.3) is 0 Å². The molecule has 6 N–H and O–H groups in total. The molecule has 1 aromatic rings. The SMILES string of the molecule is CSCC[C@H](NC=O)C(=O)N[C@@H](CCCCN)C(=O)N[C@@H](Cc1ccccc1)C(=O)O. The summed E-state index contributed by atoms with van der Waals surface area (Å²) in [6.45, 7) is 0.442. The molecule has 0 fully saturated rings. The molecule has 1 aromatic carbocycles. The lowest BCUT2D eigenvalue weighted by atomic mass is 10.0. The lowest BCUT2D eigenvalue weighted by Gasteiger charge is -2.24. The summed E-state index contributed by atoms with van der Waals surface area (Å²) in [7, 11) is 0. The van der Waals surface area contributed by atoms with Crippen molar-refractivity contribution < 1.29 is 24.3 Å². The molecule has 0 radical (unpaired) electrons. The molecule has 0 heterocycles. The second-order valence-electron chi connectivity index (χ2n) is 7.05. The Kier molecular flexibility index (Phi) is 13.0. The molecule has 172 valence electrons. The molecule has 0 aromatic heterocycles. The first-order valence-corrected chi connectivity index (χ1v) is 11.6. The molecule has 0 spiro atoms. The van der Waals surface area contributed by atoms with Crippen LogP contribution in [0.1, 0.15) is 31.2 Å². The summed E-state index contributed by atoms with van der Waals surface area (Å²) in [5, 5.41) is 17.2. The van der Waals surface area contributed by atoms with Gasteiger partial charge in [-0.15, -0.1) is 0 Å². The van der Waals surface area contributed by atoms with E-state index in [-0.39, 0.29) is 6.42 Å². The van der Waals surface area contributed by atoms with Crippen LogP contribution < -0.4 is 21.7 Å². The van der Waals surface area contributed by atoms with Crippen LogP contribution in [0.3, 0.4) is 0 Å². The Morgan fingerprint density at radius 3 is 2.26 bits per heavy atom. The Hall–Kier alpha value is -2.59. The number of rotatable bonds is 16. The molecule has 0 saturated heterocycles. The fraction of sp³-hybridized carbons (Fsp3) is 0.524. The van der Waals surface area contributed by atoms with Crippen molar-refractivity contribution in [2.24, 2.45) is 5.73 Å². The zero-order valence-corrected chi connectivity index (χ0v) is 18.5. The maximum absolute atomic E-state index is 12.9. The predicted octanol–water partition coefficient (Wildman–Crippen LogP) is 0.280. The highest BCUT2D eigenvalue weighted by Gasteiger charge is 2.28. The van der Waals surface area contributed by atoms with Crippen LogP contribution >= 0.6 is 11.8 Å². The number of benzene rings is 1. The molecule has 1 rings (SSSR count). The highest BCUT2D eigenvalue weighted by molar-refractivity contribution is 7.98. The molecule has 3 amide bonds. The Morgan fingerprint density at radius 2 is 1.68 bits per heavy atom. The van der Waals surface area contributed by atoms with E-state index in [0.717, 1.165) is 5.56 Å². The smallest absolute Gasteiger partial charge is 0.326 e. The molecule has 3 atom stereocenters. The average molecular weight is 453 g/mol. The van der Waals surface area contributed by atoms with E-state index >= 15 is 0 Å². The minimum Gasteiger partial charge on any atom is -0.480 e. The summed E-state index contributed by atoms with van der Waals surface area (Å²) >= 11 is 1.53. The van der Waals surface area contributed by atoms with Crippen molar-refractivity contribution in [2.75, 3.05) is 18.6 Å². The third-order valence-electron chi connectivity index (χ3n) is 4.67. The van der Waals surface area contributed by atoms with Gasteiger partial charge in [0.1, 0.15) is 18.1 Å². The molecule has 0 aliphatic rings. The molecule has 0 saturated carbocycles. The van der Waals surface area contributed by atoms with Crippen LogP contribution in [0.25, 0.3) is 0 Å². The minimum absolute atomic E-state index is 0.119. The number of nitrogens with one attached hydrogen (secondary N) is 3. The van der Waals surface area contributed by atoms with Crippen molar-refractivity contribution >= 4 is 36.0 Å². The maximum Gasteiger partial charge on any atom is 0.326 e. The van der Waals surface area contributed by atoms with Gasteiger partial charge in [0.2, 0.25) is 18.2 Å². The zero-order chi connectivity index (χ0) is 23.1. The number of nitrogens with two attached hydrogens (primary N) is 1. The lowest BCUT2D eigenvalue weighted by Crippen LogP contribution is -2.55. The number of carbonyl (C=O) groups excluding carboxylic acids is 3. The van der Waals surface area contributed by atoms with Gasteiger partial charge in [-0.3, -0.25) is 14.4 Å². The standard InChI is InChI=1S/C21H32N4O5S/c1-31-12-10-16(23-14-26)19(27)24-17(9-5-6-11-22)20(28)25-18(21(29)30)13-15-7-3-2-4-8-15/h2-4,7-8,14,16-18H,5-6,9-13,22H2,1H3,(H,23,26)(H,24,27)(H,25,28)(H,29,30)/t16-,17-,18-/m0/s1. The number of hydrogen-bond donors (Lipinski definition) is 5. The zero-order valence-electron chi connectivity index (χ0n) is 17.7. The Balaban J connectivity index is 2.87. The molecule has 0 aliphatic heterocycles. The normalized spacial score (nSPS) is 13.5. The van der Waals surface area contributed by atoms with Gasteiger partial charge in [0.05, 0.1) is 0 Å². The van der Waals surface area contributed by atoms with Crippen LogP contribution in [0, 0.1) is 0 Å². The topological polar surface area (TPSA) is 151 Å². The first-order valence-electron chi connectivity index (χ1n) is 10.2. The number of amides is 3. The quantitative estimate of drug-likeness (QED) is 0.178. The Bertz CT molecular complexity index is 704. The van der Waals surface area contributed by atoms with E-state index in [1.807, 2.05) is 12.3 Å². The molecular weight excluding hydrogens is 420 g/mol. The number of carboxylic acids is 1. The second kappa shape index (κ2) is 15.2. The molecule has 0 bridgehead atoms. The van der Waals surface area contributed by atoms with E-state index < -0.39 is 35.9 Å². The van der Waals surface area contributed by atoms with E-state index in [1.54, 1.807) is 24.3 Å². The lowest BCUT2D eigenvalue weighted by molar-refractivity contribution is -0.142. The van der Waals surface area contributed by atoms with Crippen molar-refractivity contribution in [1.29, 1.82) is 0 Å². The van der Waals surface area contributed by atoms with Crippen LogP contribution in [0.4, 0.5) is 0 Å². The van der Waals surface area contributed by atoms with Gasteiger partial charge in [-0.2, -0.15) is 11.8 Å². The highest BCUT2D eigenvalue weighted by atomic mass is 32.2. The fourth-order valence-corrected chi connectivity index (χ4v) is 3.44. The molecular formula is C21H32N4O5S. The molecule has 9 nitrogen and oxygen atoms in total. The van der Waals surface area contributed by atoms with Crippen LogP contribution in [0.5, 0.6) is 0 Å². The summed E-state index contributed by atoms with van der Waals surface area (Å²) in [4.78, 5) is 48.0. The van der Waals surface area contributed by atoms with Gasteiger partial charge in [-0.1, -0.05) is 30.3 Å². The molecule has 0 aliphatic carbocycles. The number of unbranched alkanes of at least 4 members (excludes halogenated alkanes) is 1. The first-order chi connectivity index (χ1) is 14.9. The van der Waals surface area contributed by atoms with E-state index in [4.69, 9.17) is 5.73 Å². The Labute approximate surface area is 186 Å². The van der Waals surface area contributed by atoms with Crippen molar-refractivity contribution in [3.8, 4) is 0 Å². The van der Waals surface area contributed by atoms with Gasteiger partial charge < -0.3 is 26.8 Å². The van der Waals surface area contributed by atoms with E-state index in [0.29, 0.717) is 44.4 Å². The number of hydrogen-bond acceptors (Lipinski definition) is 6. The van der Waals surface area contributed by atoms with Crippen LogP contribution in [0.2, 0.25) is 0 Å². The Morgan fingerprint density at radius 1 is 1.03 bits per heavy atom. The van der Waals surface area contributed by atoms with Crippen molar-refractivity contribution in [3.63, 3.8) is 0 Å². The van der Waals surface area contributed by atoms with Crippen LogP contribution in [-0.4, -0.2) is 66.0 Å². The molecule has 0 unspecified atom stereocenters. The van der Waals surface area contributed by atoms with Gasteiger partial charge >= 0.3 is 5.97 Å². The highest BCUT2D eigenvalue weighted by Crippen LogP contribution is 2.07. The van der Waals surface area contributed by atoms with Gasteiger partial charge in [-0.25, -0.2) is 4.79 Å². The summed E-state index contributed by atoms with van der Waals surface area (Å²) in [5.41, 5.74) is 6.29. The van der Waals surface area contributed by atoms with Gasteiger partial charge in [0.15, 0.2) is 0 Å². The van der Waals surface area contributed by atoms with E-state index in [9.17, 15) is 24.3 Å². The summed E-state index contributed by atoms with van der Waals surface area (Å²) in [6, 6.07) is 6.14. The van der Waals surface area contributed by atoms with Crippen LogP contribution in [-0.2, 0) is 25.6 Å². The first kappa shape index (κ1) is 26.4. The van der Waals surface area contributed by atoms with Gasteiger partial charge in [-0.05, 0) is 49.8 Å². The third-order valence-corrected chi connectivity index (χ3v) is 5.32. The van der Waals surface area contributed by atoms with E-state index in [1.165, 1.54) is 11.8 Å². The maximum atomic E-state index is 12.9. The number of thioether (sulfide) groups is 1. The predicted molar refractivity (Wildman–Crippen MR) is 121 cm³/mol. The fourth-order valence-electron chi connectivity index (χ4n) is 2.96. The van der Waals surface area contributed by atoms with E-state index in [2.05, 4.69) is 16.0 Å². The number of carbonyl (C=O) groups is 4. The largest absolute Gasteiger partial charge is 0.480 e. The minimum atomic E-state index is -1.16. The molecule has 31 heavy (non-hydrogen) atoms. The monoisotopic (exact) mass is 452 g/mol. The summed E-state index contributed by atoms with van der Waals surface area (Å²) in [5.74, 6) is -1.57. The summed E-state index contributed by atoms with van der Waals surface area (Å²) < 4.78 is 0. The van der Waals surface area contributed by atoms with Crippen molar-refractivity contribution in [3.05, 3.63) is 35.9 Å². The van der Waals surface area contributed by atoms with Gasteiger partial charge in [0, 0.05) is 6.42 Å². The second-order valence-corrected chi connectivity index (χ2v) is 8.04. The number of aliphatic carboxylic acids is 1. The third kappa shape index (κ3) is 10.3.